The predicted octanol–water partition coefficient (Wildman–Crippen LogP) is 2.92. The van der Waals surface area contributed by atoms with Gasteiger partial charge in [0.25, 0.3) is 0 Å². The number of aldehydes is 1. The van der Waals surface area contributed by atoms with Gasteiger partial charge < -0.3 is 15.0 Å². The molecule has 5 heteroatoms. The van der Waals surface area contributed by atoms with Gasteiger partial charge in [-0.25, -0.2) is 4.79 Å². The number of carbonyl (C=O) groups excluding carboxylic acids is 2. The molecule has 114 valence electrons. The van der Waals surface area contributed by atoms with Crippen LogP contribution in [-0.2, 0) is 4.74 Å². The van der Waals surface area contributed by atoms with Crippen molar-refractivity contribution in [2.24, 2.45) is 0 Å². The van der Waals surface area contributed by atoms with Gasteiger partial charge in [0.05, 0.1) is 0 Å². The van der Waals surface area contributed by atoms with Crippen LogP contribution in [0.3, 0.4) is 0 Å². The smallest absolute Gasteiger partial charge is 0.410 e. The first kappa shape index (κ1) is 15.4. The minimum atomic E-state index is -0.465. The Morgan fingerprint density at radius 1 is 1.33 bits per heavy atom. The number of nitrogens with zero attached hydrogens (tertiary/aromatic N) is 1. The van der Waals surface area contributed by atoms with Gasteiger partial charge in [-0.1, -0.05) is 0 Å². The van der Waals surface area contributed by atoms with E-state index in [4.69, 9.17) is 4.74 Å². The summed E-state index contributed by atoms with van der Waals surface area (Å²) in [5.74, 6) is 0. The first-order valence-electron chi connectivity index (χ1n) is 7.17. The van der Waals surface area contributed by atoms with Gasteiger partial charge in [0.1, 0.15) is 11.9 Å². The minimum absolute atomic E-state index is 0.208. The molecular weight excluding hydrogens is 268 g/mol. The van der Waals surface area contributed by atoms with Crippen LogP contribution in [-0.4, -0.2) is 42.0 Å². The van der Waals surface area contributed by atoms with Crippen molar-refractivity contribution >= 4 is 18.1 Å². The summed E-state index contributed by atoms with van der Waals surface area (Å²) in [4.78, 5) is 24.3. The minimum Gasteiger partial charge on any atom is -0.444 e. The Hall–Kier alpha value is -2.04. The molecule has 1 atom stereocenters. The van der Waals surface area contributed by atoms with Crippen LogP contribution in [0.25, 0.3) is 0 Å². The number of hydrogen-bond donors (Lipinski definition) is 1. The Morgan fingerprint density at radius 2 is 2.00 bits per heavy atom. The van der Waals surface area contributed by atoms with E-state index in [1.165, 1.54) is 0 Å². The summed E-state index contributed by atoms with van der Waals surface area (Å²) in [6.07, 6.45) is 1.45. The third-order valence-corrected chi connectivity index (χ3v) is 3.26. The van der Waals surface area contributed by atoms with E-state index in [2.05, 4.69) is 5.32 Å². The fraction of sp³-hybridized carbons (Fsp3) is 0.500. The molecule has 1 N–H and O–H groups in total. The largest absolute Gasteiger partial charge is 0.444 e. The highest BCUT2D eigenvalue weighted by Gasteiger charge is 2.29. The number of rotatable bonds is 3. The summed E-state index contributed by atoms with van der Waals surface area (Å²) in [6.45, 7) is 6.92. The van der Waals surface area contributed by atoms with Gasteiger partial charge in [0.2, 0.25) is 0 Å². The lowest BCUT2D eigenvalue weighted by Crippen LogP contribution is -2.36. The van der Waals surface area contributed by atoms with Gasteiger partial charge >= 0.3 is 6.09 Å². The first-order chi connectivity index (χ1) is 9.87. The van der Waals surface area contributed by atoms with E-state index in [1.54, 1.807) is 17.0 Å². The fourth-order valence-corrected chi connectivity index (χ4v) is 2.26. The van der Waals surface area contributed by atoms with Gasteiger partial charge in [0.15, 0.2) is 0 Å². The summed E-state index contributed by atoms with van der Waals surface area (Å²) in [5.41, 5.74) is 1.15. The monoisotopic (exact) mass is 290 g/mol. The SMILES string of the molecule is CC(C)(C)OC(=O)N1CCC(Nc2ccc(C=O)cc2)C1. The molecule has 21 heavy (non-hydrogen) atoms. The molecular formula is C16H22N2O3. The highest BCUT2D eigenvalue weighted by molar-refractivity contribution is 5.75. The topological polar surface area (TPSA) is 58.6 Å². The van der Waals surface area contributed by atoms with Crippen molar-refractivity contribution in [1.29, 1.82) is 0 Å². The summed E-state index contributed by atoms with van der Waals surface area (Å²) < 4.78 is 5.37. The lowest BCUT2D eigenvalue weighted by molar-refractivity contribution is 0.0293. The summed E-state index contributed by atoms with van der Waals surface area (Å²) in [5, 5.41) is 3.37. The molecule has 0 bridgehead atoms. The Kier molecular flexibility index (Phi) is 4.50. The van der Waals surface area contributed by atoms with Crippen molar-refractivity contribution in [3.8, 4) is 0 Å². The number of hydrogen-bond acceptors (Lipinski definition) is 4. The number of benzene rings is 1. The average molecular weight is 290 g/mol. The van der Waals surface area contributed by atoms with E-state index in [-0.39, 0.29) is 12.1 Å². The van der Waals surface area contributed by atoms with E-state index in [0.717, 1.165) is 18.4 Å². The van der Waals surface area contributed by atoms with Crippen molar-refractivity contribution in [3.63, 3.8) is 0 Å². The number of carbonyl (C=O) groups is 2. The maximum Gasteiger partial charge on any atom is 0.410 e. The lowest BCUT2D eigenvalue weighted by atomic mass is 10.2. The van der Waals surface area contributed by atoms with E-state index in [9.17, 15) is 9.59 Å². The van der Waals surface area contributed by atoms with Crippen molar-refractivity contribution in [3.05, 3.63) is 29.8 Å². The molecule has 0 radical (unpaired) electrons. The van der Waals surface area contributed by atoms with Crippen molar-refractivity contribution < 1.29 is 14.3 Å². The fourth-order valence-electron chi connectivity index (χ4n) is 2.26. The van der Waals surface area contributed by atoms with Crippen LogP contribution in [0.2, 0.25) is 0 Å². The van der Waals surface area contributed by atoms with Crippen LogP contribution in [0.1, 0.15) is 37.6 Å². The maximum absolute atomic E-state index is 12.0. The molecule has 0 spiro atoms. The molecule has 1 heterocycles. The molecule has 1 aromatic carbocycles. The second-order valence-corrected chi connectivity index (χ2v) is 6.30. The third kappa shape index (κ3) is 4.48. The van der Waals surface area contributed by atoms with Crippen LogP contribution in [0, 0.1) is 0 Å². The number of nitrogens with one attached hydrogen (secondary N) is 1. The van der Waals surface area contributed by atoms with Gasteiger partial charge in [-0.2, -0.15) is 0 Å². The second kappa shape index (κ2) is 6.16. The van der Waals surface area contributed by atoms with E-state index >= 15 is 0 Å². The number of ether oxygens (including phenoxy) is 1. The second-order valence-electron chi connectivity index (χ2n) is 6.30. The van der Waals surface area contributed by atoms with Crippen LogP contribution < -0.4 is 5.32 Å². The Balaban J connectivity index is 1.87. The normalized spacial score (nSPS) is 18.4. The molecule has 2 rings (SSSR count). The van der Waals surface area contributed by atoms with Crippen LogP contribution in [0.4, 0.5) is 10.5 Å². The molecule has 0 aromatic heterocycles. The van der Waals surface area contributed by atoms with Crippen molar-refractivity contribution in [2.45, 2.75) is 38.8 Å². The standard InChI is InChI=1S/C16H22N2O3/c1-16(2,3)21-15(20)18-9-8-14(10-18)17-13-6-4-12(11-19)5-7-13/h4-7,11,14,17H,8-10H2,1-3H3. The highest BCUT2D eigenvalue weighted by Crippen LogP contribution is 2.19. The summed E-state index contributed by atoms with van der Waals surface area (Å²) in [7, 11) is 0. The molecule has 0 saturated carbocycles. The molecule has 1 aliphatic heterocycles. The van der Waals surface area contributed by atoms with Gasteiger partial charge in [-0.05, 0) is 51.5 Å². The Labute approximate surface area is 125 Å². The zero-order valence-electron chi connectivity index (χ0n) is 12.8. The van der Waals surface area contributed by atoms with Crippen molar-refractivity contribution in [2.75, 3.05) is 18.4 Å². The summed E-state index contributed by atoms with van der Waals surface area (Å²) in [6, 6.07) is 7.51. The average Bonchev–Trinajstić information content (AvgIpc) is 2.86. The molecule has 1 unspecified atom stereocenters. The van der Waals surface area contributed by atoms with Gasteiger partial charge in [-0.15, -0.1) is 0 Å². The molecule has 1 saturated heterocycles. The van der Waals surface area contributed by atoms with Crippen LogP contribution in [0.5, 0.6) is 0 Å². The predicted molar refractivity (Wildman–Crippen MR) is 81.7 cm³/mol. The zero-order chi connectivity index (χ0) is 15.5. The molecule has 1 fully saturated rings. The van der Waals surface area contributed by atoms with E-state index < -0.39 is 5.60 Å². The van der Waals surface area contributed by atoms with Crippen molar-refractivity contribution in [1.82, 2.24) is 4.90 Å². The molecule has 1 aromatic rings. The first-order valence-corrected chi connectivity index (χ1v) is 7.17. The third-order valence-electron chi connectivity index (χ3n) is 3.26. The Bertz CT molecular complexity index is 505. The van der Waals surface area contributed by atoms with E-state index in [0.29, 0.717) is 18.7 Å². The molecule has 0 aliphatic carbocycles. The zero-order valence-corrected chi connectivity index (χ0v) is 12.8. The highest BCUT2D eigenvalue weighted by atomic mass is 16.6. The summed E-state index contributed by atoms with van der Waals surface area (Å²) >= 11 is 0. The number of likely N-dealkylation sites (tertiary alicyclic amines) is 1. The molecule has 5 nitrogen and oxygen atoms in total. The maximum atomic E-state index is 12.0. The number of amides is 1. The van der Waals surface area contributed by atoms with Crippen LogP contribution >= 0.6 is 0 Å². The van der Waals surface area contributed by atoms with Gasteiger partial charge in [0, 0.05) is 30.4 Å². The lowest BCUT2D eigenvalue weighted by Gasteiger charge is -2.24. The van der Waals surface area contributed by atoms with Gasteiger partial charge in [-0.3, -0.25) is 4.79 Å². The quantitative estimate of drug-likeness (QED) is 0.870. The van der Waals surface area contributed by atoms with E-state index in [1.807, 2.05) is 32.9 Å². The molecule has 1 amide bonds. The number of anilines is 1. The van der Waals surface area contributed by atoms with Crippen LogP contribution in [0.15, 0.2) is 24.3 Å². The molecule has 1 aliphatic rings. The Morgan fingerprint density at radius 3 is 2.57 bits per heavy atom.